The Labute approximate surface area is 272 Å². The number of amides is 3. The molecule has 3 aromatic carbocycles. The summed E-state index contributed by atoms with van der Waals surface area (Å²) >= 11 is -1.56. The van der Waals surface area contributed by atoms with Crippen LogP contribution in [0.4, 0.5) is 20.6 Å². The SMILES string of the molecule is CC(C)(C)[S+]([O-])NC(CCC1CC1)(c1cccc(C#N)c1)c1ccc(F)c(NC(=O)[C@H]2C[C@@H](O)CN2C(=O)Nc2ccccc2)c1. The molecule has 4 N–H and O–H groups in total. The second-order valence-corrected chi connectivity index (χ2v) is 15.1. The van der Waals surface area contributed by atoms with E-state index in [-0.39, 0.29) is 18.7 Å². The summed E-state index contributed by atoms with van der Waals surface area (Å²) in [5, 5.41) is 25.5. The number of carbonyl (C=O) groups is 2. The van der Waals surface area contributed by atoms with Crippen molar-refractivity contribution in [2.75, 3.05) is 17.2 Å². The lowest BCUT2D eigenvalue weighted by Crippen LogP contribution is -2.52. The zero-order chi connectivity index (χ0) is 33.1. The third kappa shape index (κ3) is 7.70. The molecule has 4 atom stereocenters. The van der Waals surface area contributed by atoms with E-state index in [0.29, 0.717) is 34.7 Å². The first-order valence-corrected chi connectivity index (χ1v) is 16.7. The van der Waals surface area contributed by atoms with Crippen LogP contribution in [0.5, 0.6) is 0 Å². The van der Waals surface area contributed by atoms with Gasteiger partial charge in [0.05, 0.1) is 23.4 Å². The van der Waals surface area contributed by atoms with Crippen molar-refractivity contribution in [3.63, 3.8) is 0 Å². The predicted octanol–water partition coefficient (Wildman–Crippen LogP) is 5.79. The molecule has 0 bridgehead atoms. The van der Waals surface area contributed by atoms with Gasteiger partial charge in [-0.05, 0) is 87.1 Å². The van der Waals surface area contributed by atoms with Crippen molar-refractivity contribution in [1.82, 2.24) is 9.62 Å². The highest BCUT2D eigenvalue weighted by Crippen LogP contribution is 2.43. The van der Waals surface area contributed by atoms with Crippen LogP contribution in [0.15, 0.2) is 72.8 Å². The van der Waals surface area contributed by atoms with E-state index in [1.54, 1.807) is 48.5 Å². The van der Waals surface area contributed by atoms with Gasteiger partial charge in [0.2, 0.25) is 5.91 Å². The van der Waals surface area contributed by atoms with Gasteiger partial charge in [0, 0.05) is 30.0 Å². The number of nitrogens with zero attached hydrogens (tertiary/aromatic N) is 2. The first-order valence-electron chi connectivity index (χ1n) is 15.5. The average molecular weight is 646 g/mol. The average Bonchev–Trinajstić information content (AvgIpc) is 3.78. The molecule has 1 saturated heterocycles. The maximum Gasteiger partial charge on any atom is 0.322 e. The van der Waals surface area contributed by atoms with Gasteiger partial charge in [0.1, 0.15) is 22.1 Å². The molecular weight excluding hydrogens is 605 g/mol. The summed E-state index contributed by atoms with van der Waals surface area (Å²) in [6.07, 6.45) is 2.61. The van der Waals surface area contributed by atoms with Gasteiger partial charge < -0.3 is 25.2 Å². The summed E-state index contributed by atoms with van der Waals surface area (Å²) in [5.41, 5.74) is 1.06. The second kappa shape index (κ2) is 13.8. The molecule has 11 heteroatoms. The van der Waals surface area contributed by atoms with Crippen LogP contribution in [-0.2, 0) is 21.7 Å². The Morgan fingerprint density at radius 3 is 2.43 bits per heavy atom. The largest absolute Gasteiger partial charge is 0.598 e. The summed E-state index contributed by atoms with van der Waals surface area (Å²) in [6, 6.07) is 20.8. The highest BCUT2D eigenvalue weighted by molar-refractivity contribution is 7.90. The highest BCUT2D eigenvalue weighted by Gasteiger charge is 2.44. The van der Waals surface area contributed by atoms with E-state index in [1.807, 2.05) is 32.9 Å². The van der Waals surface area contributed by atoms with Crippen LogP contribution in [-0.4, -0.2) is 49.9 Å². The van der Waals surface area contributed by atoms with E-state index in [0.717, 1.165) is 19.3 Å². The number of carbonyl (C=O) groups excluding carboxylic acids is 2. The molecule has 9 nitrogen and oxygen atoms in total. The summed E-state index contributed by atoms with van der Waals surface area (Å²) in [7, 11) is 0. The van der Waals surface area contributed by atoms with Crippen molar-refractivity contribution < 1.29 is 23.6 Å². The maximum atomic E-state index is 15.4. The number of β-amino-alcohol motifs (C(OH)–C–C–N with tert-alkyl or cyclic N) is 1. The molecule has 1 heterocycles. The minimum atomic E-state index is -1.56. The van der Waals surface area contributed by atoms with E-state index in [2.05, 4.69) is 21.4 Å². The number of anilines is 2. The molecule has 5 rings (SSSR count). The minimum Gasteiger partial charge on any atom is -0.598 e. The third-order valence-electron chi connectivity index (χ3n) is 8.52. The number of nitrogens with one attached hydrogen (secondary N) is 3. The number of urea groups is 1. The molecule has 0 spiro atoms. The van der Waals surface area contributed by atoms with E-state index >= 15 is 4.39 Å². The molecule has 1 saturated carbocycles. The molecule has 2 unspecified atom stereocenters. The van der Waals surface area contributed by atoms with E-state index in [9.17, 15) is 24.5 Å². The number of hydrogen-bond acceptors (Lipinski definition) is 6. The Bertz CT molecular complexity index is 1610. The van der Waals surface area contributed by atoms with Crippen molar-refractivity contribution in [3.8, 4) is 6.07 Å². The van der Waals surface area contributed by atoms with Crippen molar-refractivity contribution in [2.45, 2.75) is 75.3 Å². The van der Waals surface area contributed by atoms with Crippen molar-refractivity contribution in [2.24, 2.45) is 5.92 Å². The number of nitriles is 1. The summed E-state index contributed by atoms with van der Waals surface area (Å²) in [6.45, 7) is 5.53. The lowest BCUT2D eigenvalue weighted by molar-refractivity contribution is -0.119. The normalized spacial score (nSPS) is 20.0. The molecule has 0 aromatic heterocycles. The molecule has 1 aliphatic carbocycles. The number of aliphatic hydroxyl groups excluding tert-OH is 1. The number of likely N-dealkylation sites (tertiary alicyclic amines) is 1. The Balaban J connectivity index is 1.49. The minimum absolute atomic E-state index is 0.00620. The topological polar surface area (TPSA) is 141 Å². The molecule has 2 aliphatic rings. The second-order valence-electron chi connectivity index (χ2n) is 13.1. The van der Waals surface area contributed by atoms with Crippen LogP contribution < -0.4 is 15.4 Å². The first kappa shape index (κ1) is 33.4. The zero-order valence-electron chi connectivity index (χ0n) is 26.3. The van der Waals surface area contributed by atoms with Crippen molar-refractivity contribution >= 4 is 34.7 Å². The van der Waals surface area contributed by atoms with Crippen LogP contribution in [0, 0.1) is 23.1 Å². The smallest absolute Gasteiger partial charge is 0.322 e. The summed E-state index contributed by atoms with van der Waals surface area (Å²) in [5.74, 6) is -0.809. The van der Waals surface area contributed by atoms with E-state index in [1.165, 1.54) is 17.0 Å². The summed E-state index contributed by atoms with van der Waals surface area (Å²) < 4.78 is 31.9. The van der Waals surface area contributed by atoms with Gasteiger partial charge in [0.15, 0.2) is 0 Å². The van der Waals surface area contributed by atoms with Gasteiger partial charge >= 0.3 is 6.03 Å². The summed E-state index contributed by atoms with van der Waals surface area (Å²) in [4.78, 5) is 28.0. The lowest BCUT2D eigenvalue weighted by Gasteiger charge is -2.39. The van der Waals surface area contributed by atoms with Crippen molar-refractivity contribution in [3.05, 3.63) is 95.3 Å². The fourth-order valence-electron chi connectivity index (χ4n) is 5.72. The molecular formula is C35H40FN5O4S. The van der Waals surface area contributed by atoms with Gasteiger partial charge in [-0.1, -0.05) is 49.2 Å². The Morgan fingerprint density at radius 1 is 1.04 bits per heavy atom. The molecule has 0 radical (unpaired) electrons. The standard InChI is InChI=1S/C35H40FN5O4S/c1-34(2,3)46(45)40-35(17-16-23-12-13-23,25-9-7-8-24(18-25)21-37)26-14-15-29(36)30(19-26)39-32(43)31-20-28(42)22-41(31)33(44)38-27-10-5-4-6-11-27/h4-11,14-15,18-19,23,28,31,40,42H,12-13,16-17,20,22H2,1-3H3,(H,38,44)(H,39,43)/t28-,31-,35?,46?/m1/s1. The number of halogens is 1. The van der Waals surface area contributed by atoms with E-state index in [4.69, 9.17) is 0 Å². The lowest BCUT2D eigenvalue weighted by atomic mass is 9.79. The number of benzene rings is 3. The predicted molar refractivity (Wildman–Crippen MR) is 177 cm³/mol. The number of aliphatic hydroxyl groups is 1. The quantitative estimate of drug-likeness (QED) is 0.206. The van der Waals surface area contributed by atoms with Crippen LogP contribution in [0.1, 0.15) is 69.6 Å². The number of hydrogen-bond donors (Lipinski definition) is 4. The zero-order valence-corrected chi connectivity index (χ0v) is 27.1. The first-order chi connectivity index (χ1) is 21.9. The monoisotopic (exact) mass is 645 g/mol. The maximum absolute atomic E-state index is 15.4. The van der Waals surface area contributed by atoms with Crippen LogP contribution in [0.2, 0.25) is 0 Å². The molecule has 2 fully saturated rings. The third-order valence-corrected chi connectivity index (χ3v) is 10.2. The fourth-order valence-corrected chi connectivity index (χ4v) is 6.68. The van der Waals surface area contributed by atoms with Gasteiger partial charge in [-0.15, -0.1) is 4.72 Å². The number of rotatable bonds is 10. The molecule has 3 amide bonds. The van der Waals surface area contributed by atoms with Gasteiger partial charge in [-0.3, -0.25) is 4.79 Å². The highest BCUT2D eigenvalue weighted by atomic mass is 32.2. The Morgan fingerprint density at radius 2 is 1.76 bits per heavy atom. The van der Waals surface area contributed by atoms with Gasteiger partial charge in [-0.25, -0.2) is 9.18 Å². The van der Waals surface area contributed by atoms with Crippen molar-refractivity contribution in [1.29, 1.82) is 5.26 Å². The molecule has 46 heavy (non-hydrogen) atoms. The van der Waals surface area contributed by atoms with Crippen LogP contribution in [0.3, 0.4) is 0 Å². The Hall–Kier alpha value is -3.95. The number of para-hydroxylation sites is 1. The van der Waals surface area contributed by atoms with Gasteiger partial charge in [-0.2, -0.15) is 5.26 Å². The molecule has 1 aliphatic heterocycles. The fraction of sp³-hybridized carbons (Fsp3) is 0.400. The Kier molecular flexibility index (Phi) is 10.0. The van der Waals surface area contributed by atoms with E-state index < -0.39 is 51.5 Å². The van der Waals surface area contributed by atoms with Gasteiger partial charge in [0.25, 0.3) is 0 Å². The van der Waals surface area contributed by atoms with Crippen LogP contribution >= 0.6 is 0 Å². The molecule has 3 aromatic rings. The van der Waals surface area contributed by atoms with Crippen LogP contribution in [0.25, 0.3) is 0 Å². The molecule has 242 valence electrons.